The summed E-state index contributed by atoms with van der Waals surface area (Å²) in [5.74, 6) is -2.33. The number of piperidine rings is 1. The lowest BCUT2D eigenvalue weighted by atomic mass is 9.87. The van der Waals surface area contributed by atoms with Crippen LogP contribution >= 0.6 is 0 Å². The fourth-order valence-corrected chi connectivity index (χ4v) is 3.85. The van der Waals surface area contributed by atoms with Gasteiger partial charge in [0.05, 0.1) is 0 Å². The van der Waals surface area contributed by atoms with Crippen molar-refractivity contribution in [3.05, 3.63) is 23.9 Å². The lowest BCUT2D eigenvalue weighted by molar-refractivity contribution is -0.176. The number of ether oxygens (including phenoxy) is 2. The summed E-state index contributed by atoms with van der Waals surface area (Å²) in [6.07, 6.45) is -0.715. The Morgan fingerprint density at radius 3 is 2.81 bits per heavy atom. The number of nitrogens with two attached hydrogens (primary N) is 1. The summed E-state index contributed by atoms with van der Waals surface area (Å²) >= 11 is 0. The van der Waals surface area contributed by atoms with Crippen molar-refractivity contribution in [1.29, 1.82) is 0 Å². The fraction of sp³-hybridized carbons (Fsp3) is 0.500. The van der Waals surface area contributed by atoms with Crippen molar-refractivity contribution in [2.45, 2.75) is 36.6 Å². The van der Waals surface area contributed by atoms with Crippen LogP contribution in [0, 0.1) is 5.92 Å². The number of aliphatic hydroxyl groups is 2. The average Bonchev–Trinajstić information content (AvgIpc) is 3.30. The molecule has 10 nitrogen and oxygen atoms in total. The summed E-state index contributed by atoms with van der Waals surface area (Å²) in [6, 6.07) is 2.89. The summed E-state index contributed by atoms with van der Waals surface area (Å²) in [7, 11) is 0. The molecule has 3 aliphatic rings. The highest BCUT2D eigenvalue weighted by atomic mass is 16.8. The molecule has 2 saturated heterocycles. The second kappa shape index (κ2) is 5.73. The zero-order valence-corrected chi connectivity index (χ0v) is 13.6. The van der Waals surface area contributed by atoms with Crippen molar-refractivity contribution in [3.8, 4) is 0 Å². The predicted molar refractivity (Wildman–Crippen MR) is 83.6 cm³/mol. The van der Waals surface area contributed by atoms with Gasteiger partial charge in [-0.3, -0.25) is 0 Å². The molecule has 3 heterocycles. The molecule has 4 rings (SSSR count). The van der Waals surface area contributed by atoms with Gasteiger partial charge in [-0.05, 0) is 24.8 Å². The maximum Gasteiger partial charge on any atom is 0.524 e. The first-order valence-electron chi connectivity index (χ1n) is 8.20. The van der Waals surface area contributed by atoms with Gasteiger partial charge in [-0.2, -0.15) is 0 Å². The zero-order chi connectivity index (χ0) is 18.6. The Morgan fingerprint density at radius 1 is 1.31 bits per heavy atom. The fourth-order valence-electron chi connectivity index (χ4n) is 3.85. The quantitative estimate of drug-likeness (QED) is 0.440. The van der Waals surface area contributed by atoms with Crippen molar-refractivity contribution >= 4 is 23.9 Å². The Kier molecular flexibility index (Phi) is 3.72. The molecule has 26 heavy (non-hydrogen) atoms. The number of anilines is 1. The van der Waals surface area contributed by atoms with E-state index < -0.39 is 29.8 Å². The number of fused-ring (bicyclic) bond motifs is 1. The molecule has 1 saturated carbocycles. The molecule has 2 aliphatic heterocycles. The number of carbonyl (C=O) groups is 3. The SMILES string of the molecule is NCC1CC2CC2N1c1ncccc1C1(O)C(=O)OC(=O)OC(=O)C1O. The molecule has 3 fully saturated rings. The molecule has 0 amide bonds. The molecule has 0 spiro atoms. The molecule has 5 atom stereocenters. The maximum absolute atomic E-state index is 12.4. The topological polar surface area (TPSA) is 152 Å². The van der Waals surface area contributed by atoms with Crippen LogP contribution in [-0.2, 0) is 24.7 Å². The summed E-state index contributed by atoms with van der Waals surface area (Å²) in [4.78, 5) is 41.7. The minimum absolute atomic E-state index is 0.0523. The van der Waals surface area contributed by atoms with E-state index in [1.54, 1.807) is 0 Å². The van der Waals surface area contributed by atoms with Gasteiger partial charge in [0, 0.05) is 30.4 Å². The number of hydrogen-bond donors (Lipinski definition) is 3. The molecule has 0 aromatic carbocycles. The Labute approximate surface area is 147 Å². The number of pyridine rings is 1. The van der Waals surface area contributed by atoms with E-state index in [0.29, 0.717) is 12.5 Å². The molecule has 1 aromatic heterocycles. The van der Waals surface area contributed by atoms with E-state index in [9.17, 15) is 24.6 Å². The Bertz CT molecular complexity index is 800. The van der Waals surface area contributed by atoms with Crippen LogP contribution in [0.3, 0.4) is 0 Å². The third kappa shape index (κ3) is 2.30. The highest BCUT2D eigenvalue weighted by Crippen LogP contribution is 2.51. The molecular weight excluding hydrogens is 346 g/mol. The van der Waals surface area contributed by atoms with Gasteiger partial charge in [-0.1, -0.05) is 6.07 Å². The number of cyclic esters (lactones) is 4. The van der Waals surface area contributed by atoms with Gasteiger partial charge in [0.1, 0.15) is 5.82 Å². The first-order valence-corrected chi connectivity index (χ1v) is 8.20. The van der Waals surface area contributed by atoms with Crippen LogP contribution in [0.4, 0.5) is 10.6 Å². The van der Waals surface area contributed by atoms with Gasteiger partial charge in [0.2, 0.25) is 5.60 Å². The average molecular weight is 363 g/mol. The molecule has 0 bridgehead atoms. The maximum atomic E-state index is 12.4. The zero-order valence-electron chi connectivity index (χ0n) is 13.6. The lowest BCUT2D eigenvalue weighted by Crippen LogP contribution is -2.51. The molecular formula is C16H17N3O7. The predicted octanol–water partition coefficient (Wildman–Crippen LogP) is -1.22. The highest BCUT2D eigenvalue weighted by Gasteiger charge is 2.59. The number of esters is 2. The van der Waals surface area contributed by atoms with Crippen LogP contribution in [0.25, 0.3) is 0 Å². The van der Waals surface area contributed by atoms with Crippen LogP contribution in [0.2, 0.25) is 0 Å². The third-order valence-electron chi connectivity index (χ3n) is 5.21. The third-order valence-corrected chi connectivity index (χ3v) is 5.21. The number of hydrogen-bond acceptors (Lipinski definition) is 10. The molecule has 4 N–H and O–H groups in total. The highest BCUT2D eigenvalue weighted by molar-refractivity contribution is 6.01. The summed E-state index contributed by atoms with van der Waals surface area (Å²) in [6.45, 7) is 0.342. The van der Waals surface area contributed by atoms with Crippen molar-refractivity contribution in [2.75, 3.05) is 11.4 Å². The molecule has 1 aromatic rings. The van der Waals surface area contributed by atoms with E-state index in [2.05, 4.69) is 14.5 Å². The van der Waals surface area contributed by atoms with E-state index in [1.807, 2.05) is 4.90 Å². The molecule has 138 valence electrons. The van der Waals surface area contributed by atoms with Gasteiger partial charge < -0.3 is 30.3 Å². The molecule has 10 heteroatoms. The number of carbonyl (C=O) groups excluding carboxylic acids is 3. The van der Waals surface area contributed by atoms with E-state index >= 15 is 0 Å². The first kappa shape index (κ1) is 16.9. The molecule has 5 unspecified atom stereocenters. The number of aliphatic hydroxyl groups excluding tert-OH is 1. The van der Waals surface area contributed by atoms with Crippen molar-refractivity contribution in [2.24, 2.45) is 11.7 Å². The van der Waals surface area contributed by atoms with Crippen molar-refractivity contribution in [1.82, 2.24) is 4.98 Å². The van der Waals surface area contributed by atoms with Gasteiger partial charge in [-0.25, -0.2) is 19.4 Å². The Morgan fingerprint density at radius 2 is 2.08 bits per heavy atom. The van der Waals surface area contributed by atoms with Crippen molar-refractivity contribution in [3.63, 3.8) is 0 Å². The lowest BCUT2D eigenvalue weighted by Gasteiger charge is -2.34. The van der Waals surface area contributed by atoms with Gasteiger partial charge in [0.15, 0.2) is 6.10 Å². The van der Waals surface area contributed by atoms with E-state index in [1.165, 1.54) is 18.3 Å². The largest absolute Gasteiger partial charge is 0.524 e. The minimum atomic E-state index is -2.83. The van der Waals surface area contributed by atoms with E-state index in [4.69, 9.17) is 5.73 Å². The van der Waals surface area contributed by atoms with Crippen LogP contribution in [0.5, 0.6) is 0 Å². The molecule has 1 aliphatic carbocycles. The number of nitrogens with zero attached hydrogens (tertiary/aromatic N) is 2. The Hall–Kier alpha value is -2.56. The second-order valence-electron chi connectivity index (χ2n) is 6.70. The van der Waals surface area contributed by atoms with Crippen LogP contribution < -0.4 is 10.6 Å². The van der Waals surface area contributed by atoms with Gasteiger partial charge >= 0.3 is 18.1 Å². The number of aromatic nitrogens is 1. The first-order chi connectivity index (χ1) is 12.4. The summed E-state index contributed by atoms with van der Waals surface area (Å²) in [5.41, 5.74) is 2.86. The smallest absolute Gasteiger partial charge is 0.378 e. The minimum Gasteiger partial charge on any atom is -0.378 e. The normalized spacial score (nSPS) is 36.3. The monoisotopic (exact) mass is 363 g/mol. The van der Waals surface area contributed by atoms with Gasteiger partial charge in [0.25, 0.3) is 0 Å². The number of rotatable bonds is 3. The van der Waals surface area contributed by atoms with Crippen LogP contribution in [-0.4, -0.2) is 58.0 Å². The second-order valence-corrected chi connectivity index (χ2v) is 6.70. The summed E-state index contributed by atoms with van der Waals surface area (Å²) < 4.78 is 8.49. The van der Waals surface area contributed by atoms with Crippen LogP contribution in [0.1, 0.15) is 18.4 Å². The van der Waals surface area contributed by atoms with E-state index in [0.717, 1.165) is 12.8 Å². The molecule has 0 radical (unpaired) electrons. The van der Waals surface area contributed by atoms with Crippen molar-refractivity contribution < 1.29 is 34.1 Å². The standard InChI is InChI=1S/C16H17N3O7/c17-6-8-4-7-5-10(7)19(8)12-9(2-1-3-18-12)16(24)11(20)13(21)25-15(23)26-14(16)22/h1-3,7-8,10-11,20,24H,4-6,17H2. The van der Waals surface area contributed by atoms with E-state index in [-0.39, 0.29) is 23.5 Å². The Balaban J connectivity index is 1.83. The van der Waals surface area contributed by atoms with Gasteiger partial charge in [-0.15, -0.1) is 0 Å². The summed E-state index contributed by atoms with van der Waals surface area (Å²) in [5, 5.41) is 21.2. The van der Waals surface area contributed by atoms with Crippen LogP contribution in [0.15, 0.2) is 18.3 Å².